The Kier molecular flexibility index (Phi) is 3.60. The second kappa shape index (κ2) is 6.36. The fourth-order valence-electron chi connectivity index (χ4n) is 5.95. The molecule has 0 amide bonds. The van der Waals surface area contributed by atoms with Crippen LogP contribution in [-0.4, -0.2) is 4.57 Å². The number of rotatable bonds is 1. The average molecular weight is 424 g/mol. The lowest BCUT2D eigenvalue weighted by Gasteiger charge is -2.22. The topological polar surface area (TPSA) is 4.93 Å². The second-order valence-electron chi connectivity index (χ2n) is 9.94. The Bertz CT molecular complexity index is 1750. The molecule has 0 saturated carbocycles. The number of fused-ring (bicyclic) bond motifs is 7. The summed E-state index contributed by atoms with van der Waals surface area (Å²) in [5.74, 6) is 0. The van der Waals surface area contributed by atoms with Gasteiger partial charge in [-0.15, -0.1) is 0 Å². The van der Waals surface area contributed by atoms with E-state index in [0.717, 1.165) is 0 Å². The van der Waals surface area contributed by atoms with E-state index in [0.29, 0.717) is 0 Å². The molecule has 158 valence electrons. The van der Waals surface area contributed by atoms with Crippen LogP contribution in [-0.2, 0) is 12.5 Å². The minimum atomic E-state index is 0.0196. The van der Waals surface area contributed by atoms with Crippen molar-refractivity contribution in [1.29, 1.82) is 0 Å². The standard InChI is InChI=1S/C32H25N/c1-32(2)28-11-7-6-10-24(28)25-14-12-22(17-29(25)32)23-13-15-26-27-16-20-8-4-5-9-21(20)18-31(27)33(3)30(26)19-23/h4-19H,1-3H3. The first-order valence-corrected chi connectivity index (χ1v) is 11.7. The molecule has 33 heavy (non-hydrogen) atoms. The molecule has 1 heterocycles. The highest BCUT2D eigenvalue weighted by Gasteiger charge is 2.35. The molecule has 0 spiro atoms. The Balaban J connectivity index is 1.43. The van der Waals surface area contributed by atoms with Crippen molar-refractivity contribution >= 4 is 32.6 Å². The highest BCUT2D eigenvalue weighted by molar-refractivity contribution is 6.13. The van der Waals surface area contributed by atoms with Crippen LogP contribution in [0.1, 0.15) is 25.0 Å². The zero-order valence-electron chi connectivity index (χ0n) is 19.2. The predicted octanol–water partition coefficient (Wildman–Crippen LogP) is 8.46. The Hall–Kier alpha value is -3.84. The van der Waals surface area contributed by atoms with Gasteiger partial charge in [-0.1, -0.05) is 86.6 Å². The van der Waals surface area contributed by atoms with E-state index >= 15 is 0 Å². The van der Waals surface area contributed by atoms with Crippen molar-refractivity contribution in [3.63, 3.8) is 0 Å². The van der Waals surface area contributed by atoms with Crippen LogP contribution < -0.4 is 0 Å². The van der Waals surface area contributed by atoms with Crippen molar-refractivity contribution in [3.05, 3.63) is 108 Å². The second-order valence-corrected chi connectivity index (χ2v) is 9.94. The lowest BCUT2D eigenvalue weighted by molar-refractivity contribution is 0.660. The fraction of sp³-hybridized carbons (Fsp3) is 0.125. The van der Waals surface area contributed by atoms with Crippen molar-refractivity contribution in [3.8, 4) is 22.3 Å². The molecule has 0 atom stereocenters. The molecule has 6 aromatic rings. The van der Waals surface area contributed by atoms with Crippen molar-refractivity contribution in [2.24, 2.45) is 7.05 Å². The molecule has 0 fully saturated rings. The molecule has 1 nitrogen and oxygen atoms in total. The number of aromatic nitrogens is 1. The molecule has 1 aromatic heterocycles. The van der Waals surface area contributed by atoms with Crippen molar-refractivity contribution in [2.75, 3.05) is 0 Å². The average Bonchev–Trinajstić information content (AvgIpc) is 3.25. The lowest BCUT2D eigenvalue weighted by Crippen LogP contribution is -2.14. The largest absolute Gasteiger partial charge is 0.344 e. The molecule has 7 rings (SSSR count). The lowest BCUT2D eigenvalue weighted by atomic mass is 9.81. The van der Waals surface area contributed by atoms with Crippen LogP contribution in [0, 0.1) is 0 Å². The summed E-state index contributed by atoms with van der Waals surface area (Å²) in [7, 11) is 2.19. The van der Waals surface area contributed by atoms with Gasteiger partial charge in [-0.25, -0.2) is 0 Å². The van der Waals surface area contributed by atoms with Crippen LogP contribution in [0.15, 0.2) is 97.1 Å². The molecular formula is C32H25N. The molecule has 0 unspecified atom stereocenters. The Morgan fingerprint density at radius 2 is 1.18 bits per heavy atom. The molecule has 1 heteroatoms. The maximum absolute atomic E-state index is 2.41. The monoisotopic (exact) mass is 423 g/mol. The van der Waals surface area contributed by atoms with Crippen LogP contribution in [0.4, 0.5) is 0 Å². The molecule has 1 aliphatic carbocycles. The molecular weight excluding hydrogens is 398 g/mol. The van der Waals surface area contributed by atoms with Gasteiger partial charge >= 0.3 is 0 Å². The van der Waals surface area contributed by atoms with Gasteiger partial charge in [0.25, 0.3) is 0 Å². The van der Waals surface area contributed by atoms with Gasteiger partial charge < -0.3 is 4.57 Å². The van der Waals surface area contributed by atoms with Gasteiger partial charge in [0.05, 0.1) is 0 Å². The van der Waals surface area contributed by atoms with E-state index in [1.165, 1.54) is 66.0 Å². The maximum Gasteiger partial charge on any atom is 0.0495 e. The van der Waals surface area contributed by atoms with Crippen molar-refractivity contribution in [2.45, 2.75) is 19.3 Å². The third kappa shape index (κ3) is 2.48. The van der Waals surface area contributed by atoms with E-state index in [4.69, 9.17) is 0 Å². The number of hydrogen-bond acceptors (Lipinski definition) is 0. The Labute approximate surface area is 193 Å². The molecule has 0 N–H and O–H groups in total. The van der Waals surface area contributed by atoms with Gasteiger partial charge in [0.15, 0.2) is 0 Å². The summed E-state index contributed by atoms with van der Waals surface area (Å²) in [4.78, 5) is 0. The Morgan fingerprint density at radius 1 is 0.545 bits per heavy atom. The fourth-order valence-corrected chi connectivity index (χ4v) is 5.95. The third-order valence-corrected chi connectivity index (χ3v) is 7.79. The van der Waals surface area contributed by atoms with Crippen molar-refractivity contribution < 1.29 is 0 Å². The molecule has 0 radical (unpaired) electrons. The van der Waals surface area contributed by atoms with E-state index in [1.54, 1.807) is 0 Å². The van der Waals surface area contributed by atoms with Gasteiger partial charge in [-0.2, -0.15) is 0 Å². The minimum absolute atomic E-state index is 0.0196. The van der Waals surface area contributed by atoms with Crippen LogP contribution in [0.5, 0.6) is 0 Å². The molecule has 1 aliphatic rings. The first-order valence-electron chi connectivity index (χ1n) is 11.7. The van der Waals surface area contributed by atoms with Crippen molar-refractivity contribution in [1.82, 2.24) is 4.57 Å². The Morgan fingerprint density at radius 3 is 2.03 bits per heavy atom. The SMILES string of the molecule is Cn1c2cc(-c3ccc4c(c3)C(C)(C)c3ccccc3-4)ccc2c2cc3ccccc3cc21. The molecule has 0 saturated heterocycles. The van der Waals surface area contributed by atoms with Crippen LogP contribution in [0.25, 0.3) is 54.8 Å². The third-order valence-electron chi connectivity index (χ3n) is 7.79. The summed E-state index contributed by atoms with van der Waals surface area (Å²) in [6.07, 6.45) is 0. The van der Waals surface area contributed by atoms with Crippen LogP contribution in [0.2, 0.25) is 0 Å². The summed E-state index contributed by atoms with van der Waals surface area (Å²) in [6.45, 7) is 4.69. The predicted molar refractivity (Wildman–Crippen MR) is 141 cm³/mol. The zero-order valence-corrected chi connectivity index (χ0v) is 19.2. The van der Waals surface area contributed by atoms with Gasteiger partial charge in [0, 0.05) is 34.3 Å². The van der Waals surface area contributed by atoms with Crippen LogP contribution >= 0.6 is 0 Å². The number of benzene rings is 5. The first-order chi connectivity index (χ1) is 16.0. The van der Waals surface area contributed by atoms with E-state index in [1.807, 2.05) is 0 Å². The molecule has 0 aliphatic heterocycles. The highest BCUT2D eigenvalue weighted by Crippen LogP contribution is 2.49. The molecule has 0 bridgehead atoms. The maximum atomic E-state index is 2.41. The number of hydrogen-bond donors (Lipinski definition) is 0. The number of aryl methyl sites for hydroxylation is 1. The summed E-state index contributed by atoms with van der Waals surface area (Å²) in [5.41, 5.74) is 10.7. The van der Waals surface area contributed by atoms with Crippen LogP contribution in [0.3, 0.4) is 0 Å². The van der Waals surface area contributed by atoms with Gasteiger partial charge in [0.1, 0.15) is 0 Å². The zero-order chi connectivity index (χ0) is 22.3. The van der Waals surface area contributed by atoms with E-state index < -0.39 is 0 Å². The summed E-state index contributed by atoms with van der Waals surface area (Å²) < 4.78 is 2.34. The minimum Gasteiger partial charge on any atom is -0.344 e. The summed E-state index contributed by atoms with van der Waals surface area (Å²) >= 11 is 0. The van der Waals surface area contributed by atoms with E-state index in [-0.39, 0.29) is 5.41 Å². The summed E-state index contributed by atoms with van der Waals surface area (Å²) in [6, 6.07) is 36.1. The molecule has 5 aromatic carbocycles. The van der Waals surface area contributed by atoms with Gasteiger partial charge in [0.2, 0.25) is 0 Å². The quantitative estimate of drug-likeness (QED) is 0.250. The summed E-state index contributed by atoms with van der Waals surface area (Å²) in [5, 5.41) is 5.22. The van der Waals surface area contributed by atoms with Gasteiger partial charge in [-0.3, -0.25) is 0 Å². The van der Waals surface area contributed by atoms with Gasteiger partial charge in [-0.05, 0) is 68.4 Å². The van der Waals surface area contributed by atoms with E-state index in [9.17, 15) is 0 Å². The number of nitrogens with zero attached hydrogens (tertiary/aromatic N) is 1. The highest BCUT2D eigenvalue weighted by atomic mass is 14.9. The van der Waals surface area contributed by atoms with E-state index in [2.05, 4.69) is 123 Å². The normalized spacial score (nSPS) is 14.2. The smallest absolute Gasteiger partial charge is 0.0495 e. The first kappa shape index (κ1) is 18.7.